The quantitative estimate of drug-likeness (QED) is 0.0317. The molecule has 0 aromatic heterocycles. The average molecular weight is 1600 g/mol. The van der Waals surface area contributed by atoms with Crippen molar-refractivity contribution in [1.82, 2.24) is 0 Å². The molecule has 0 aromatic carbocycles. The van der Waals surface area contributed by atoms with Crippen molar-refractivity contribution >= 4 is 78.9 Å². The zero-order valence-electron chi connectivity index (χ0n) is 50.6. The third kappa shape index (κ3) is 78.6. The van der Waals surface area contributed by atoms with Crippen LogP contribution in [0.5, 0.6) is 0 Å². The molecule has 0 aromatic rings. The van der Waals surface area contributed by atoms with Crippen LogP contribution in [0.1, 0.15) is 6.92 Å². The molecule has 5 fully saturated rings. The van der Waals surface area contributed by atoms with Crippen LogP contribution in [0.3, 0.4) is 0 Å². The smallest absolute Gasteiger partial charge is 0.870 e. The van der Waals surface area contributed by atoms with E-state index < -0.39 is 195 Å². The molecule has 5 rings (SSSR count). The van der Waals surface area contributed by atoms with Gasteiger partial charge in [-0.15, -0.1) is 0 Å². The summed E-state index contributed by atoms with van der Waals surface area (Å²) >= 11 is 0. The molecule has 5 aliphatic rings. The van der Waals surface area contributed by atoms with Crippen molar-refractivity contribution in [1.29, 1.82) is 9.56 Å². The van der Waals surface area contributed by atoms with E-state index >= 15 is 0 Å². The van der Waals surface area contributed by atoms with Crippen molar-refractivity contribution in [3.8, 4) is 0 Å². The largest absolute Gasteiger partial charge is 1.00 e. The SMILES string of the molecule is N=S(=O)([O-])O.N=S(=O)([O-])O.O=S(=O)([O-])O.O=S(=O)([O-])O.O=S(=O)([O-])O.O=S(=O)([O-])O.O=S(=O)([O-])O.[CH2-]C1O[C@@H](O[C@H]2[CH-]O[C@@H](O[C@H]3C([CH2-])O[C@@H](C)[CH-][C@H]3O)[CH-][C@H]2O)C(C(N)O)[CH-][C@H]1O[C@@H]1O[C@@H]([C-]=O)[C@H](O[C@H]2[CH-][C@@H](O)[C@@H](O)[C@H]([CH2-])O2)[C@H](O)C1O.[Na+].[Na+].[Na+].[Na+].[Na+].[Na+].[Na+].[Na+].[Na+].[OH-]. The first kappa shape index (κ1) is 130. The van der Waals surface area contributed by atoms with Gasteiger partial charge in [0.05, 0.1) is 45.1 Å². The Labute approximate surface area is 739 Å². The summed E-state index contributed by atoms with van der Waals surface area (Å²) in [7, 11) is -33.4. The molecule has 23 atom stereocenters. The van der Waals surface area contributed by atoms with Crippen LogP contribution in [0.4, 0.5) is 0 Å². The Bertz CT molecular complexity index is 2400. The van der Waals surface area contributed by atoms with E-state index in [1.54, 1.807) is 19.6 Å². The molecule has 516 valence electrons. The number of aliphatic hydroxyl groups is 7. The minimum atomic E-state index is -4.92. The van der Waals surface area contributed by atoms with Crippen molar-refractivity contribution in [2.45, 2.75) is 130 Å². The Balaban J connectivity index is -0.000000110. The third-order valence-electron chi connectivity index (χ3n) is 8.61. The van der Waals surface area contributed by atoms with Crippen LogP contribution >= 0.6 is 0 Å². The Morgan fingerprint density at radius 2 is 0.830 bits per heavy atom. The van der Waals surface area contributed by atoms with E-state index in [0.717, 1.165) is 13.0 Å². The number of nitrogens with two attached hydrogens (primary N) is 1. The summed E-state index contributed by atoms with van der Waals surface area (Å²) in [6.45, 7) is 14.1. The first-order valence-corrected chi connectivity index (χ1v) is 30.2. The summed E-state index contributed by atoms with van der Waals surface area (Å²) in [6.07, 6.45) is -18.3. The Kier molecular flexibility index (Phi) is 84.4. The number of hydrogen-bond donors (Lipinski definition) is 17. The summed E-state index contributed by atoms with van der Waals surface area (Å²) in [5.41, 5.74) is 5.80. The predicted octanol–water partition coefficient (Wildman–Crippen LogP) is -37.3. The summed E-state index contributed by atoms with van der Waals surface area (Å²) in [6, 6.07) is 0. The third-order valence-corrected chi connectivity index (χ3v) is 8.61. The number of nitrogens with one attached hydrogen (secondary N) is 2. The molecule has 94 heavy (non-hydrogen) atoms. The molecule has 5 heterocycles. The van der Waals surface area contributed by atoms with Gasteiger partial charge in [0.1, 0.15) is 18.5 Å². The molecule has 47 nitrogen and oxygen atoms in total. The molecular weight excluding hydrogens is 1550 g/mol. The zero-order chi connectivity index (χ0) is 67.2. The van der Waals surface area contributed by atoms with Gasteiger partial charge in [-0.05, 0) is 36.6 Å². The van der Waals surface area contributed by atoms with Crippen LogP contribution in [-0.4, -0.2) is 285 Å². The van der Waals surface area contributed by atoms with Crippen molar-refractivity contribution < 1.29 is 469 Å². The van der Waals surface area contributed by atoms with Gasteiger partial charge in [-0.1, -0.05) is 37.3 Å². The second-order valence-corrected chi connectivity index (χ2v) is 21.6. The van der Waals surface area contributed by atoms with Crippen molar-refractivity contribution in [2.75, 3.05) is 0 Å². The number of hydrogen-bond acceptors (Lipinski definition) is 40. The maximum atomic E-state index is 11.8. The minimum Gasteiger partial charge on any atom is -0.870 e. The number of ether oxygens (including phenoxy) is 9. The second-order valence-electron chi connectivity index (χ2n) is 15.4. The molecule has 0 amide bonds. The molecule has 0 aliphatic carbocycles. The molecule has 19 N–H and O–H groups in total. The molecule has 0 spiro atoms. The fourth-order valence-electron chi connectivity index (χ4n) is 5.91. The summed E-state index contributed by atoms with van der Waals surface area (Å²) in [5, 5.41) is 72.9. The first-order chi connectivity index (χ1) is 37.2. The summed E-state index contributed by atoms with van der Waals surface area (Å²) in [4.78, 5) is 11.8. The zero-order valence-corrected chi connectivity index (χ0v) is 74.3. The Morgan fingerprint density at radius 1 is 0.479 bits per heavy atom. The molecule has 7 unspecified atom stereocenters. The maximum Gasteiger partial charge on any atom is 1.00 e. The van der Waals surface area contributed by atoms with Crippen molar-refractivity contribution in [3.63, 3.8) is 0 Å². The molecule has 63 heteroatoms. The monoisotopic (exact) mass is 1600 g/mol. The van der Waals surface area contributed by atoms with Gasteiger partial charge in [-0.25, -0.2) is 79.2 Å². The van der Waals surface area contributed by atoms with Crippen LogP contribution in [0.15, 0.2) is 0 Å². The van der Waals surface area contributed by atoms with Crippen LogP contribution in [-0.2, 0) is 120 Å². The topological polar surface area (TPSA) is 853 Å². The van der Waals surface area contributed by atoms with E-state index in [1.807, 2.05) is 0 Å². The molecule has 0 bridgehead atoms. The van der Waals surface area contributed by atoms with Gasteiger partial charge in [-0.2, -0.15) is 6.61 Å². The number of aliphatic hydroxyl groups excluding tert-OH is 7. The van der Waals surface area contributed by atoms with Gasteiger partial charge < -0.3 is 156 Å². The summed E-state index contributed by atoms with van der Waals surface area (Å²) < 4.78 is 276. The Morgan fingerprint density at radius 3 is 1.16 bits per heavy atom. The number of rotatable bonds is 10. The standard InChI is InChI=1S/C31H44NO17.2H3NO3S.9Na.5H2O4S.H2O/c1-11-5-18(36)27(14(4)42-11)48-22-7-16(34)21(10-41-22)47-30-15(29(32)40)6-19(12(2)44-30)45-31-26(39)25(38)28(20(9-33)46-31)49-23-8-17(35)24(37)13(3)43-23;2*1-5(2,3)4;;;;;;;;;;5*1-5(2,3)4;/h5-8,10-31,34-40H,2-4,32H2,1H3;2*(H3,1,2,3,4);;;;;;;;;;5*(H2,1,2,3,4);1H2/q-9;;;9*+1;;;;;;/p-8/t11-,12?,13-,14?,15?,16+,17+,18+,19+,20-,21-,22-,23-,24-,25+,26?,27-,28-,29?,30-,31+;;;;;;;;;;;;;;;;;/m0................./s1. The maximum absolute atomic E-state index is 11.8. The molecule has 5 saturated heterocycles. The van der Waals surface area contributed by atoms with Crippen LogP contribution in [0.25, 0.3) is 0 Å². The van der Waals surface area contributed by atoms with Gasteiger partial charge >= 0.3 is 266 Å². The van der Waals surface area contributed by atoms with Crippen molar-refractivity contribution in [2.24, 2.45) is 11.7 Å². The van der Waals surface area contributed by atoms with E-state index in [-0.39, 0.29) is 278 Å². The number of carbonyl (C=O) groups excluding carboxylic acids is 1. The fraction of sp³-hybridized carbons (Fsp3) is 0.710. The Hall–Kier alpha value is 7.04. The summed E-state index contributed by atoms with van der Waals surface area (Å²) in [5.74, 6) is -1.11. The minimum absolute atomic E-state index is 0. The van der Waals surface area contributed by atoms with Crippen molar-refractivity contribution in [3.05, 3.63) is 53.1 Å². The molecule has 0 saturated carbocycles. The van der Waals surface area contributed by atoms with E-state index in [0.29, 0.717) is 0 Å². The van der Waals surface area contributed by atoms with Crippen LogP contribution < -0.4 is 272 Å². The molecule has 0 radical (unpaired) electrons. The second kappa shape index (κ2) is 60.8. The fourth-order valence-corrected chi connectivity index (χ4v) is 5.91. The van der Waals surface area contributed by atoms with Gasteiger partial charge in [0.2, 0.25) is 52.0 Å². The van der Waals surface area contributed by atoms with E-state index in [2.05, 4.69) is 20.8 Å². The first-order valence-electron chi connectivity index (χ1n) is 20.5. The van der Waals surface area contributed by atoms with Gasteiger partial charge in [0, 0.05) is 12.6 Å². The average Bonchev–Trinajstić information content (AvgIpc) is 3.21. The molecule has 5 aliphatic heterocycles. The predicted molar refractivity (Wildman–Crippen MR) is 250 cm³/mol. The van der Waals surface area contributed by atoms with E-state index in [4.69, 9.17) is 172 Å². The van der Waals surface area contributed by atoms with Crippen LogP contribution in [0.2, 0.25) is 0 Å². The van der Waals surface area contributed by atoms with E-state index in [9.17, 15) is 40.5 Å². The van der Waals surface area contributed by atoms with Gasteiger partial charge in [0.25, 0.3) is 0 Å². The normalized spacial score (nSPS) is 32.4. The van der Waals surface area contributed by atoms with Gasteiger partial charge in [-0.3, -0.25) is 35.6 Å². The molecular formula is C31H54N3Na9O44S7-8. The van der Waals surface area contributed by atoms with Crippen LogP contribution in [0, 0.1) is 68.5 Å². The van der Waals surface area contributed by atoms with E-state index in [1.165, 1.54) is 12.8 Å². The van der Waals surface area contributed by atoms with Gasteiger partial charge in [0.15, 0.2) is 6.29 Å².